The molecule has 2 N–H and O–H groups in total. The zero-order valence-corrected chi connectivity index (χ0v) is 9.20. The van der Waals surface area contributed by atoms with Gasteiger partial charge in [0.15, 0.2) is 0 Å². The highest BCUT2D eigenvalue weighted by atomic mass is 16.2. The van der Waals surface area contributed by atoms with E-state index in [4.69, 9.17) is 5.73 Å². The van der Waals surface area contributed by atoms with Crippen molar-refractivity contribution in [1.29, 1.82) is 0 Å². The molecule has 1 amide bonds. The van der Waals surface area contributed by atoms with E-state index in [1.165, 1.54) is 0 Å². The minimum absolute atomic E-state index is 0.196. The average molecular weight is 199 g/mol. The van der Waals surface area contributed by atoms with Gasteiger partial charge in [-0.3, -0.25) is 9.69 Å². The van der Waals surface area contributed by atoms with E-state index in [0.717, 1.165) is 32.5 Å². The third-order valence-electron chi connectivity index (χ3n) is 2.80. The number of nitrogens with zero attached hydrogens (tertiary/aromatic N) is 2. The monoisotopic (exact) mass is 199 g/mol. The molecular formula is C10H21N3O. The maximum atomic E-state index is 11.6. The van der Waals surface area contributed by atoms with Crippen molar-refractivity contribution < 1.29 is 4.79 Å². The van der Waals surface area contributed by atoms with E-state index in [0.29, 0.717) is 6.54 Å². The SMILES string of the molecule is CCN(C)C(=O)CN1CCCC(N)C1. The molecule has 82 valence electrons. The number of carbonyl (C=O) groups excluding carboxylic acids is 1. The predicted molar refractivity (Wildman–Crippen MR) is 57.0 cm³/mol. The second-order valence-electron chi connectivity index (χ2n) is 4.05. The van der Waals surface area contributed by atoms with Gasteiger partial charge in [-0.25, -0.2) is 0 Å². The molecule has 0 aromatic heterocycles. The summed E-state index contributed by atoms with van der Waals surface area (Å²) in [6.45, 7) is 5.16. The van der Waals surface area contributed by atoms with E-state index in [1.54, 1.807) is 4.90 Å². The Morgan fingerprint density at radius 2 is 2.36 bits per heavy atom. The number of amides is 1. The van der Waals surface area contributed by atoms with E-state index in [2.05, 4.69) is 4.90 Å². The Hall–Kier alpha value is -0.610. The van der Waals surface area contributed by atoms with Crippen LogP contribution in [0.3, 0.4) is 0 Å². The third kappa shape index (κ3) is 3.27. The molecule has 0 saturated carbocycles. The average Bonchev–Trinajstić information content (AvgIpc) is 2.16. The Kier molecular flexibility index (Phi) is 4.35. The summed E-state index contributed by atoms with van der Waals surface area (Å²) in [5, 5.41) is 0. The van der Waals surface area contributed by atoms with Crippen LogP contribution in [0.25, 0.3) is 0 Å². The molecule has 14 heavy (non-hydrogen) atoms. The van der Waals surface area contributed by atoms with Gasteiger partial charge in [0.1, 0.15) is 0 Å². The summed E-state index contributed by atoms with van der Waals surface area (Å²) in [4.78, 5) is 15.5. The lowest BCUT2D eigenvalue weighted by molar-refractivity contribution is -0.131. The van der Waals surface area contributed by atoms with Crippen LogP contribution in [-0.4, -0.2) is 55.0 Å². The Morgan fingerprint density at radius 3 is 2.93 bits per heavy atom. The van der Waals surface area contributed by atoms with Gasteiger partial charge >= 0.3 is 0 Å². The van der Waals surface area contributed by atoms with Crippen molar-refractivity contribution in [2.45, 2.75) is 25.8 Å². The molecule has 1 aliphatic rings. The first kappa shape index (κ1) is 11.5. The minimum atomic E-state index is 0.196. The van der Waals surface area contributed by atoms with E-state index >= 15 is 0 Å². The fourth-order valence-corrected chi connectivity index (χ4v) is 1.72. The lowest BCUT2D eigenvalue weighted by Gasteiger charge is -2.31. The zero-order valence-electron chi connectivity index (χ0n) is 9.20. The van der Waals surface area contributed by atoms with Gasteiger partial charge in [0, 0.05) is 26.2 Å². The van der Waals surface area contributed by atoms with Crippen LogP contribution in [0.1, 0.15) is 19.8 Å². The van der Waals surface area contributed by atoms with Gasteiger partial charge < -0.3 is 10.6 Å². The molecule has 4 nitrogen and oxygen atoms in total. The molecule has 0 bridgehead atoms. The van der Waals surface area contributed by atoms with Crippen molar-refractivity contribution in [3.63, 3.8) is 0 Å². The largest absolute Gasteiger partial charge is 0.345 e. The first-order valence-corrected chi connectivity index (χ1v) is 5.35. The molecule has 1 aliphatic heterocycles. The number of hydrogen-bond acceptors (Lipinski definition) is 3. The first-order valence-electron chi connectivity index (χ1n) is 5.35. The van der Waals surface area contributed by atoms with Crippen molar-refractivity contribution >= 4 is 5.91 Å². The quantitative estimate of drug-likeness (QED) is 0.690. The number of likely N-dealkylation sites (tertiary alicyclic amines) is 1. The van der Waals surface area contributed by atoms with E-state index in [1.807, 2.05) is 14.0 Å². The van der Waals surface area contributed by atoms with Crippen LogP contribution in [0.2, 0.25) is 0 Å². The van der Waals surface area contributed by atoms with Gasteiger partial charge in [0.25, 0.3) is 0 Å². The van der Waals surface area contributed by atoms with Crippen LogP contribution in [0.15, 0.2) is 0 Å². The number of hydrogen-bond donors (Lipinski definition) is 1. The summed E-state index contributed by atoms with van der Waals surface area (Å²) in [7, 11) is 1.84. The van der Waals surface area contributed by atoms with Gasteiger partial charge in [0.05, 0.1) is 6.54 Å². The van der Waals surface area contributed by atoms with E-state index in [-0.39, 0.29) is 11.9 Å². The van der Waals surface area contributed by atoms with E-state index < -0.39 is 0 Å². The predicted octanol–water partition coefficient (Wildman–Crippen LogP) is -0.112. The van der Waals surface area contributed by atoms with Crippen LogP contribution < -0.4 is 5.73 Å². The number of nitrogens with two attached hydrogens (primary N) is 1. The molecular weight excluding hydrogens is 178 g/mol. The maximum absolute atomic E-state index is 11.6. The molecule has 0 aliphatic carbocycles. The van der Waals surface area contributed by atoms with Crippen LogP contribution in [-0.2, 0) is 4.79 Å². The molecule has 0 spiro atoms. The number of carbonyl (C=O) groups is 1. The van der Waals surface area contributed by atoms with Crippen LogP contribution >= 0.6 is 0 Å². The second-order valence-corrected chi connectivity index (χ2v) is 4.05. The summed E-state index contributed by atoms with van der Waals surface area (Å²) >= 11 is 0. The summed E-state index contributed by atoms with van der Waals surface area (Å²) in [5.74, 6) is 0.196. The van der Waals surface area contributed by atoms with Crippen molar-refractivity contribution in [2.24, 2.45) is 5.73 Å². The van der Waals surface area contributed by atoms with Crippen LogP contribution in [0.4, 0.5) is 0 Å². The Bertz CT molecular complexity index is 196. The van der Waals surface area contributed by atoms with Crippen LogP contribution in [0, 0.1) is 0 Å². The van der Waals surface area contributed by atoms with E-state index in [9.17, 15) is 4.79 Å². The first-order chi connectivity index (χ1) is 6.63. The standard InChI is InChI=1S/C10H21N3O/c1-3-12(2)10(14)8-13-6-4-5-9(11)7-13/h9H,3-8,11H2,1-2H3. The highest BCUT2D eigenvalue weighted by Crippen LogP contribution is 2.07. The Labute approximate surface area is 86.0 Å². The second kappa shape index (κ2) is 5.32. The van der Waals surface area contributed by atoms with Gasteiger partial charge in [-0.2, -0.15) is 0 Å². The van der Waals surface area contributed by atoms with Gasteiger partial charge in [0.2, 0.25) is 5.91 Å². The van der Waals surface area contributed by atoms with Crippen molar-refractivity contribution in [2.75, 3.05) is 33.2 Å². The molecule has 1 unspecified atom stereocenters. The van der Waals surface area contributed by atoms with Crippen molar-refractivity contribution in [3.05, 3.63) is 0 Å². The van der Waals surface area contributed by atoms with Gasteiger partial charge in [-0.1, -0.05) is 0 Å². The zero-order chi connectivity index (χ0) is 10.6. The highest BCUT2D eigenvalue weighted by Gasteiger charge is 2.19. The summed E-state index contributed by atoms with van der Waals surface area (Å²) in [5.41, 5.74) is 5.84. The Morgan fingerprint density at radius 1 is 1.64 bits per heavy atom. The van der Waals surface area contributed by atoms with Crippen molar-refractivity contribution in [1.82, 2.24) is 9.80 Å². The lowest BCUT2D eigenvalue weighted by Crippen LogP contribution is -2.47. The number of rotatable bonds is 3. The maximum Gasteiger partial charge on any atom is 0.236 e. The highest BCUT2D eigenvalue weighted by molar-refractivity contribution is 5.77. The molecule has 0 radical (unpaired) electrons. The molecule has 1 heterocycles. The van der Waals surface area contributed by atoms with Crippen molar-refractivity contribution in [3.8, 4) is 0 Å². The number of likely N-dealkylation sites (N-methyl/N-ethyl adjacent to an activating group) is 1. The topological polar surface area (TPSA) is 49.6 Å². The minimum Gasteiger partial charge on any atom is -0.345 e. The molecule has 0 aromatic rings. The fourth-order valence-electron chi connectivity index (χ4n) is 1.72. The number of piperidine rings is 1. The molecule has 1 rings (SSSR count). The fraction of sp³-hybridized carbons (Fsp3) is 0.900. The summed E-state index contributed by atoms with van der Waals surface area (Å²) in [6.07, 6.45) is 2.21. The molecule has 1 atom stereocenters. The van der Waals surface area contributed by atoms with Gasteiger partial charge in [-0.15, -0.1) is 0 Å². The van der Waals surface area contributed by atoms with Crippen LogP contribution in [0.5, 0.6) is 0 Å². The molecule has 0 aromatic carbocycles. The normalized spacial score (nSPS) is 23.5. The summed E-state index contributed by atoms with van der Waals surface area (Å²) in [6, 6.07) is 0.253. The molecule has 4 heteroatoms. The van der Waals surface area contributed by atoms with Gasteiger partial charge in [-0.05, 0) is 26.3 Å². The molecule has 1 fully saturated rings. The Balaban J connectivity index is 2.32. The lowest BCUT2D eigenvalue weighted by atomic mass is 10.1. The molecule has 1 saturated heterocycles. The third-order valence-corrected chi connectivity index (χ3v) is 2.80. The summed E-state index contributed by atoms with van der Waals surface area (Å²) < 4.78 is 0. The smallest absolute Gasteiger partial charge is 0.236 e.